The van der Waals surface area contributed by atoms with E-state index in [0.29, 0.717) is 22.6 Å². The Morgan fingerprint density at radius 1 is 1.00 bits per heavy atom. The number of amides is 1. The van der Waals surface area contributed by atoms with Crippen molar-refractivity contribution in [3.05, 3.63) is 59.7 Å². The molecule has 0 aromatic heterocycles. The highest BCUT2D eigenvalue weighted by Gasteiger charge is 2.60. The second-order valence-corrected chi connectivity index (χ2v) is 8.88. The quantitative estimate of drug-likeness (QED) is 0.605. The van der Waals surface area contributed by atoms with Gasteiger partial charge in [0.15, 0.2) is 11.8 Å². The van der Waals surface area contributed by atoms with E-state index in [-0.39, 0.29) is 0 Å². The van der Waals surface area contributed by atoms with Crippen molar-refractivity contribution in [1.82, 2.24) is 4.90 Å². The standard InChI is InChI=1S/C25H31NO7/c1-24(2,3)33-23(28)26-20(16-11-9-8-10-12-16)25(4,22(27)31-7)32-21(26)18-14-13-17(29-5)15-19(18)30-6/h8-15,20-21H,1-7H3/t20-,21?,25+/m0/s1. The van der Waals surface area contributed by atoms with E-state index in [9.17, 15) is 9.59 Å². The molecule has 178 valence electrons. The Kier molecular flexibility index (Phi) is 6.88. The molecule has 1 fully saturated rings. The van der Waals surface area contributed by atoms with Crippen LogP contribution in [0.5, 0.6) is 11.5 Å². The fourth-order valence-corrected chi connectivity index (χ4v) is 3.98. The molecule has 3 rings (SSSR count). The molecule has 0 radical (unpaired) electrons. The highest BCUT2D eigenvalue weighted by Crippen LogP contribution is 2.52. The fourth-order valence-electron chi connectivity index (χ4n) is 3.98. The third-order valence-corrected chi connectivity index (χ3v) is 5.43. The van der Waals surface area contributed by atoms with Crippen molar-refractivity contribution in [3.8, 4) is 11.5 Å². The Labute approximate surface area is 194 Å². The van der Waals surface area contributed by atoms with Gasteiger partial charge in [0.25, 0.3) is 0 Å². The molecule has 33 heavy (non-hydrogen) atoms. The summed E-state index contributed by atoms with van der Waals surface area (Å²) in [5, 5.41) is 0. The van der Waals surface area contributed by atoms with Gasteiger partial charge in [-0.3, -0.25) is 4.90 Å². The van der Waals surface area contributed by atoms with Gasteiger partial charge < -0.3 is 23.7 Å². The molecular weight excluding hydrogens is 426 g/mol. The van der Waals surface area contributed by atoms with E-state index in [4.69, 9.17) is 23.7 Å². The molecule has 1 aliphatic rings. The van der Waals surface area contributed by atoms with Crippen LogP contribution in [0.2, 0.25) is 0 Å². The molecule has 8 heteroatoms. The third-order valence-electron chi connectivity index (χ3n) is 5.43. The van der Waals surface area contributed by atoms with E-state index in [0.717, 1.165) is 0 Å². The van der Waals surface area contributed by atoms with Crippen LogP contribution in [0.25, 0.3) is 0 Å². The van der Waals surface area contributed by atoms with Crippen LogP contribution < -0.4 is 9.47 Å². The number of esters is 1. The van der Waals surface area contributed by atoms with Crippen molar-refractivity contribution in [2.24, 2.45) is 0 Å². The predicted molar refractivity (Wildman–Crippen MR) is 121 cm³/mol. The van der Waals surface area contributed by atoms with Crippen LogP contribution in [0.4, 0.5) is 4.79 Å². The van der Waals surface area contributed by atoms with Gasteiger partial charge in [0, 0.05) is 11.6 Å². The molecule has 8 nitrogen and oxygen atoms in total. The van der Waals surface area contributed by atoms with E-state index in [1.165, 1.54) is 19.1 Å². The number of carbonyl (C=O) groups is 2. The molecule has 1 aliphatic heterocycles. The van der Waals surface area contributed by atoms with Gasteiger partial charge in [0.2, 0.25) is 0 Å². The molecule has 0 spiro atoms. The maximum absolute atomic E-state index is 13.6. The van der Waals surface area contributed by atoms with E-state index in [1.807, 2.05) is 30.3 Å². The van der Waals surface area contributed by atoms with Crippen LogP contribution in [-0.2, 0) is 19.0 Å². The summed E-state index contributed by atoms with van der Waals surface area (Å²) < 4.78 is 28.1. The number of nitrogens with zero attached hydrogens (tertiary/aromatic N) is 1. The Morgan fingerprint density at radius 2 is 1.67 bits per heavy atom. The van der Waals surface area contributed by atoms with Crippen molar-refractivity contribution in [3.63, 3.8) is 0 Å². The van der Waals surface area contributed by atoms with Crippen LogP contribution in [0.15, 0.2) is 48.5 Å². The summed E-state index contributed by atoms with van der Waals surface area (Å²) >= 11 is 0. The van der Waals surface area contributed by atoms with Crippen LogP contribution in [-0.4, -0.2) is 49.5 Å². The lowest BCUT2D eigenvalue weighted by Crippen LogP contribution is -2.46. The smallest absolute Gasteiger partial charge is 0.413 e. The Balaban J connectivity index is 2.23. The van der Waals surface area contributed by atoms with Gasteiger partial charge in [-0.2, -0.15) is 0 Å². The minimum absolute atomic E-state index is 0.439. The zero-order valence-corrected chi connectivity index (χ0v) is 20.1. The largest absolute Gasteiger partial charge is 0.497 e. The molecule has 2 aromatic carbocycles. The summed E-state index contributed by atoms with van der Waals surface area (Å²) in [6.07, 6.45) is -1.62. The lowest BCUT2D eigenvalue weighted by Gasteiger charge is -2.33. The van der Waals surface area contributed by atoms with Crippen LogP contribution >= 0.6 is 0 Å². The van der Waals surface area contributed by atoms with E-state index >= 15 is 0 Å². The van der Waals surface area contributed by atoms with Gasteiger partial charge >= 0.3 is 12.1 Å². The molecule has 1 saturated heterocycles. The van der Waals surface area contributed by atoms with Gasteiger partial charge in [-0.05, 0) is 45.4 Å². The molecule has 1 heterocycles. The SMILES string of the molecule is COC(=O)[C@]1(C)OC(c2ccc(OC)cc2OC)N(C(=O)OC(C)(C)C)[C@H]1c1ccccc1. The minimum atomic E-state index is -1.51. The second-order valence-electron chi connectivity index (χ2n) is 8.88. The second kappa shape index (κ2) is 9.31. The van der Waals surface area contributed by atoms with Crippen molar-refractivity contribution < 1.29 is 33.3 Å². The topological polar surface area (TPSA) is 83.5 Å². The maximum Gasteiger partial charge on any atom is 0.413 e. The fraction of sp³-hybridized carbons (Fsp3) is 0.440. The lowest BCUT2D eigenvalue weighted by atomic mass is 9.90. The van der Waals surface area contributed by atoms with Gasteiger partial charge in [-0.1, -0.05) is 30.3 Å². The molecule has 0 N–H and O–H groups in total. The van der Waals surface area contributed by atoms with E-state index < -0.39 is 35.5 Å². The van der Waals surface area contributed by atoms with Crippen molar-refractivity contribution in [1.29, 1.82) is 0 Å². The van der Waals surface area contributed by atoms with Gasteiger partial charge in [-0.15, -0.1) is 0 Å². The lowest BCUT2D eigenvalue weighted by molar-refractivity contribution is -0.167. The Hall–Kier alpha value is -3.26. The highest BCUT2D eigenvalue weighted by atomic mass is 16.6. The highest BCUT2D eigenvalue weighted by molar-refractivity contribution is 5.83. The third kappa shape index (κ3) is 4.75. The molecule has 0 saturated carbocycles. The van der Waals surface area contributed by atoms with Crippen molar-refractivity contribution >= 4 is 12.1 Å². The summed E-state index contributed by atoms with van der Waals surface area (Å²) in [7, 11) is 4.35. The first-order chi connectivity index (χ1) is 15.6. The van der Waals surface area contributed by atoms with Crippen LogP contribution in [0.1, 0.15) is 51.1 Å². The number of carbonyl (C=O) groups excluding carboxylic acids is 2. The summed E-state index contributed by atoms with van der Waals surface area (Å²) in [6.45, 7) is 6.95. The maximum atomic E-state index is 13.6. The molecule has 1 amide bonds. The number of ether oxygens (including phenoxy) is 5. The Bertz CT molecular complexity index is 1000. The summed E-state index contributed by atoms with van der Waals surface area (Å²) in [5.41, 5.74) is -1.04. The number of benzene rings is 2. The Morgan fingerprint density at radius 3 is 2.21 bits per heavy atom. The molecule has 0 bridgehead atoms. The number of hydrogen-bond acceptors (Lipinski definition) is 7. The van der Waals surface area contributed by atoms with Crippen LogP contribution in [0, 0.1) is 0 Å². The summed E-state index contributed by atoms with van der Waals surface area (Å²) in [5.74, 6) is 0.404. The summed E-state index contributed by atoms with van der Waals surface area (Å²) in [6, 6.07) is 13.5. The first-order valence-corrected chi connectivity index (χ1v) is 10.6. The average molecular weight is 458 g/mol. The average Bonchev–Trinajstić information content (AvgIpc) is 3.11. The molecular formula is C25H31NO7. The zero-order chi connectivity index (χ0) is 24.4. The van der Waals surface area contributed by atoms with Crippen molar-refractivity contribution in [2.75, 3.05) is 21.3 Å². The monoisotopic (exact) mass is 457 g/mol. The van der Waals surface area contributed by atoms with Gasteiger partial charge in [-0.25, -0.2) is 9.59 Å². The van der Waals surface area contributed by atoms with Gasteiger partial charge in [0.05, 0.1) is 21.3 Å². The summed E-state index contributed by atoms with van der Waals surface area (Å²) in [4.78, 5) is 28.0. The van der Waals surface area contributed by atoms with E-state index in [2.05, 4.69) is 0 Å². The minimum Gasteiger partial charge on any atom is -0.497 e. The molecule has 1 unspecified atom stereocenters. The number of rotatable bonds is 5. The predicted octanol–water partition coefficient (Wildman–Crippen LogP) is 4.64. The van der Waals surface area contributed by atoms with Crippen LogP contribution in [0.3, 0.4) is 0 Å². The molecule has 0 aliphatic carbocycles. The molecule has 2 aromatic rings. The van der Waals surface area contributed by atoms with E-state index in [1.54, 1.807) is 53.0 Å². The van der Waals surface area contributed by atoms with Crippen molar-refractivity contribution in [2.45, 2.75) is 51.2 Å². The number of hydrogen-bond donors (Lipinski definition) is 0. The number of methoxy groups -OCH3 is 3. The zero-order valence-electron chi connectivity index (χ0n) is 20.1. The first-order valence-electron chi connectivity index (χ1n) is 10.6. The first kappa shape index (κ1) is 24.4. The van der Waals surface area contributed by atoms with Gasteiger partial charge in [0.1, 0.15) is 23.1 Å². The molecule has 3 atom stereocenters. The normalized spacial score (nSPS) is 22.6.